The Hall–Kier alpha value is -2.64. The zero-order valence-electron chi connectivity index (χ0n) is 15.7. The lowest BCUT2D eigenvalue weighted by molar-refractivity contribution is -0.144. The fourth-order valence-electron chi connectivity index (χ4n) is 3.81. The fraction of sp³-hybridized carbons (Fsp3) is 0.400. The molecule has 1 aliphatic heterocycles. The maximum atomic E-state index is 12.1. The van der Waals surface area contributed by atoms with E-state index in [0.717, 1.165) is 36.1 Å². The highest BCUT2D eigenvalue weighted by Crippen LogP contribution is 2.31. The second kappa shape index (κ2) is 7.54. The van der Waals surface area contributed by atoms with Crippen molar-refractivity contribution >= 4 is 22.8 Å². The quantitative estimate of drug-likeness (QED) is 0.757. The number of aromatic carboxylic acids is 1. The molecule has 1 saturated heterocycles. The van der Waals surface area contributed by atoms with E-state index in [1.54, 1.807) is 29.9 Å². The van der Waals surface area contributed by atoms with Gasteiger partial charge in [0.2, 0.25) is 0 Å². The van der Waals surface area contributed by atoms with Crippen LogP contribution in [0.25, 0.3) is 10.9 Å². The largest absolute Gasteiger partial charge is 0.480 e. The first-order valence-electron chi connectivity index (χ1n) is 8.93. The van der Waals surface area contributed by atoms with Gasteiger partial charge in [-0.2, -0.15) is 0 Å². The molecule has 0 aliphatic carbocycles. The molecule has 0 bridgehead atoms. The van der Waals surface area contributed by atoms with Gasteiger partial charge in [0, 0.05) is 62.4 Å². The predicted octanol–water partition coefficient (Wildman–Crippen LogP) is 2.20. The standard InChI is InChI=1S/C20H25N3O4/c1-13(2)11-22-6-8-23(9-7-22)18(20(26)27)16-12-21(3)17-10-14(19(24)25)4-5-15(16)17/h4-5,10,12,18H,1,6-9,11H2,2-3H3,(H,24,25)(H,26,27)/t18-/m0/s1. The summed E-state index contributed by atoms with van der Waals surface area (Å²) in [7, 11) is 1.81. The Morgan fingerprint density at radius 3 is 2.41 bits per heavy atom. The van der Waals surface area contributed by atoms with Gasteiger partial charge in [-0.1, -0.05) is 18.2 Å². The van der Waals surface area contributed by atoms with Gasteiger partial charge in [-0.25, -0.2) is 4.79 Å². The van der Waals surface area contributed by atoms with Crippen LogP contribution < -0.4 is 0 Å². The molecule has 1 atom stereocenters. The highest BCUT2D eigenvalue weighted by molar-refractivity contribution is 5.96. The zero-order valence-corrected chi connectivity index (χ0v) is 15.7. The average molecular weight is 371 g/mol. The maximum Gasteiger partial charge on any atom is 0.335 e. The first-order valence-corrected chi connectivity index (χ1v) is 8.93. The highest BCUT2D eigenvalue weighted by atomic mass is 16.4. The minimum Gasteiger partial charge on any atom is -0.480 e. The van der Waals surface area contributed by atoms with E-state index in [1.165, 1.54) is 6.07 Å². The van der Waals surface area contributed by atoms with E-state index in [0.29, 0.717) is 18.7 Å². The zero-order chi connectivity index (χ0) is 19.7. The second-order valence-electron chi connectivity index (χ2n) is 7.24. The molecule has 7 heteroatoms. The summed E-state index contributed by atoms with van der Waals surface area (Å²) in [4.78, 5) is 27.6. The summed E-state index contributed by atoms with van der Waals surface area (Å²) < 4.78 is 1.80. The molecule has 2 N–H and O–H groups in total. The molecule has 2 aromatic rings. The minimum absolute atomic E-state index is 0.190. The number of piperazine rings is 1. The van der Waals surface area contributed by atoms with Crippen molar-refractivity contribution in [2.75, 3.05) is 32.7 Å². The number of carbonyl (C=O) groups is 2. The Bertz CT molecular complexity index is 894. The lowest BCUT2D eigenvalue weighted by Crippen LogP contribution is -2.49. The normalized spacial score (nSPS) is 17.1. The molecule has 1 fully saturated rings. The second-order valence-corrected chi connectivity index (χ2v) is 7.24. The average Bonchev–Trinajstić information content (AvgIpc) is 2.92. The van der Waals surface area contributed by atoms with Gasteiger partial charge < -0.3 is 14.8 Å². The fourth-order valence-corrected chi connectivity index (χ4v) is 3.81. The molecule has 0 radical (unpaired) electrons. The number of hydrogen-bond donors (Lipinski definition) is 2. The first kappa shape index (κ1) is 19.1. The van der Waals surface area contributed by atoms with Crippen LogP contribution >= 0.6 is 0 Å². The maximum absolute atomic E-state index is 12.1. The molecule has 144 valence electrons. The van der Waals surface area contributed by atoms with E-state index < -0.39 is 18.0 Å². The highest BCUT2D eigenvalue weighted by Gasteiger charge is 2.32. The molecule has 0 saturated carbocycles. The van der Waals surface area contributed by atoms with Crippen molar-refractivity contribution in [2.24, 2.45) is 7.05 Å². The van der Waals surface area contributed by atoms with Crippen LogP contribution in [0.1, 0.15) is 28.9 Å². The number of nitrogens with zero attached hydrogens (tertiary/aromatic N) is 3. The number of aryl methyl sites for hydroxylation is 1. The molecule has 1 aliphatic rings. The summed E-state index contributed by atoms with van der Waals surface area (Å²) in [5.74, 6) is -1.89. The molecule has 3 rings (SSSR count). The van der Waals surface area contributed by atoms with Crippen molar-refractivity contribution in [3.63, 3.8) is 0 Å². The molecule has 2 heterocycles. The monoisotopic (exact) mass is 371 g/mol. The van der Waals surface area contributed by atoms with Crippen LogP contribution in [-0.2, 0) is 11.8 Å². The third-order valence-corrected chi connectivity index (χ3v) is 5.06. The molecule has 27 heavy (non-hydrogen) atoms. The molecule has 1 aromatic carbocycles. The third-order valence-electron chi connectivity index (χ3n) is 5.06. The number of fused-ring (bicyclic) bond motifs is 1. The first-order chi connectivity index (χ1) is 12.8. The Kier molecular flexibility index (Phi) is 5.34. The van der Waals surface area contributed by atoms with E-state index in [1.807, 2.05) is 11.8 Å². The number of aromatic nitrogens is 1. The Labute approximate surface area is 158 Å². The van der Waals surface area contributed by atoms with Gasteiger partial charge in [0.05, 0.1) is 5.56 Å². The lowest BCUT2D eigenvalue weighted by atomic mass is 10.0. The number of hydrogen-bond acceptors (Lipinski definition) is 4. The summed E-state index contributed by atoms with van der Waals surface area (Å²) >= 11 is 0. The van der Waals surface area contributed by atoms with E-state index in [9.17, 15) is 19.8 Å². The van der Waals surface area contributed by atoms with Crippen LogP contribution in [-0.4, -0.2) is 69.2 Å². The van der Waals surface area contributed by atoms with Crippen LogP contribution in [0.15, 0.2) is 36.5 Å². The number of aliphatic carboxylic acids is 1. The lowest BCUT2D eigenvalue weighted by Gasteiger charge is -2.37. The van der Waals surface area contributed by atoms with Gasteiger partial charge >= 0.3 is 11.9 Å². The smallest absolute Gasteiger partial charge is 0.335 e. The number of carboxylic acids is 2. The van der Waals surface area contributed by atoms with Crippen molar-refractivity contribution in [3.05, 3.63) is 47.7 Å². The summed E-state index contributed by atoms with van der Waals surface area (Å²) in [6.45, 7) is 9.68. The Morgan fingerprint density at radius 2 is 1.85 bits per heavy atom. The SMILES string of the molecule is C=C(C)CN1CCN([C@H](C(=O)O)c2cn(C)c3cc(C(=O)O)ccc23)CC1. The summed E-state index contributed by atoms with van der Waals surface area (Å²) in [6.07, 6.45) is 1.80. The minimum atomic E-state index is -0.997. The van der Waals surface area contributed by atoms with Gasteiger partial charge in [-0.15, -0.1) is 0 Å². The molecule has 1 aromatic heterocycles. The number of carboxylic acid groups (broad SMARTS) is 2. The Morgan fingerprint density at radius 1 is 1.19 bits per heavy atom. The van der Waals surface area contributed by atoms with Crippen LogP contribution in [0.3, 0.4) is 0 Å². The van der Waals surface area contributed by atoms with Crippen molar-refractivity contribution < 1.29 is 19.8 Å². The molecular weight excluding hydrogens is 346 g/mol. The summed E-state index contributed by atoms with van der Waals surface area (Å²) in [5.41, 5.74) is 2.71. The van der Waals surface area contributed by atoms with Crippen molar-refractivity contribution in [1.82, 2.24) is 14.4 Å². The number of rotatable bonds is 6. The summed E-state index contributed by atoms with van der Waals surface area (Å²) in [6, 6.07) is 4.07. The van der Waals surface area contributed by atoms with Crippen molar-refractivity contribution in [2.45, 2.75) is 13.0 Å². The van der Waals surface area contributed by atoms with Gasteiger partial charge in [-0.3, -0.25) is 14.6 Å². The Balaban J connectivity index is 1.91. The third kappa shape index (κ3) is 3.89. The van der Waals surface area contributed by atoms with Crippen LogP contribution in [0.5, 0.6) is 0 Å². The van der Waals surface area contributed by atoms with Gasteiger partial charge in [-0.05, 0) is 19.1 Å². The number of benzene rings is 1. The molecule has 7 nitrogen and oxygen atoms in total. The molecule has 0 spiro atoms. The van der Waals surface area contributed by atoms with E-state index in [2.05, 4.69) is 11.5 Å². The van der Waals surface area contributed by atoms with Crippen molar-refractivity contribution in [1.29, 1.82) is 0 Å². The van der Waals surface area contributed by atoms with Crippen LogP contribution in [0, 0.1) is 0 Å². The van der Waals surface area contributed by atoms with Gasteiger partial charge in [0.15, 0.2) is 0 Å². The van der Waals surface area contributed by atoms with Gasteiger partial charge in [0.25, 0.3) is 0 Å². The summed E-state index contributed by atoms with van der Waals surface area (Å²) in [5, 5.41) is 19.9. The van der Waals surface area contributed by atoms with Gasteiger partial charge in [0.1, 0.15) is 6.04 Å². The predicted molar refractivity (Wildman–Crippen MR) is 103 cm³/mol. The van der Waals surface area contributed by atoms with Crippen LogP contribution in [0.4, 0.5) is 0 Å². The van der Waals surface area contributed by atoms with E-state index >= 15 is 0 Å². The van der Waals surface area contributed by atoms with Crippen LogP contribution in [0.2, 0.25) is 0 Å². The topological polar surface area (TPSA) is 86.0 Å². The molecule has 0 amide bonds. The molecular formula is C20H25N3O4. The van der Waals surface area contributed by atoms with Crippen molar-refractivity contribution in [3.8, 4) is 0 Å². The van der Waals surface area contributed by atoms with E-state index in [-0.39, 0.29) is 5.56 Å². The van der Waals surface area contributed by atoms with E-state index in [4.69, 9.17) is 0 Å². The molecule has 0 unspecified atom stereocenters.